The number of hydrogen-bond donors (Lipinski definition) is 1. The maximum Gasteiger partial charge on any atom is 0.345 e. The molecule has 2 nitrogen and oxygen atoms in total. The van der Waals surface area contributed by atoms with Gasteiger partial charge in [-0.25, -0.2) is 9.18 Å². The molecule has 0 aliphatic rings. The summed E-state index contributed by atoms with van der Waals surface area (Å²) in [5.74, 6) is -1.48. The van der Waals surface area contributed by atoms with Crippen LogP contribution in [0.2, 0.25) is 0 Å². The van der Waals surface area contributed by atoms with Crippen LogP contribution in [-0.2, 0) is 10.5 Å². The van der Waals surface area contributed by atoms with Gasteiger partial charge in [-0.2, -0.15) is 0 Å². The first-order valence-electron chi connectivity index (χ1n) is 3.63. The average Bonchev–Trinajstić information content (AvgIpc) is 2.04. The maximum absolute atomic E-state index is 13.5. The number of benzene rings is 1. The molecule has 13 heavy (non-hydrogen) atoms. The van der Waals surface area contributed by atoms with Gasteiger partial charge in [0, 0.05) is 10.0 Å². The number of carboxylic acid groups (broad SMARTS) is 1. The molecule has 0 aliphatic heterocycles. The van der Waals surface area contributed by atoms with Crippen LogP contribution in [0.25, 0.3) is 0 Å². The molecule has 4 heteroatoms. The molecule has 0 aliphatic carbocycles. The third-order valence-corrected chi connectivity index (χ3v) is 2.26. The van der Waals surface area contributed by atoms with Crippen LogP contribution in [0, 0.1) is 0 Å². The molecule has 1 atom stereocenters. The molecule has 0 fully saturated rings. The second kappa shape index (κ2) is 3.46. The van der Waals surface area contributed by atoms with Crippen LogP contribution in [0.4, 0.5) is 4.39 Å². The van der Waals surface area contributed by atoms with E-state index in [1.54, 1.807) is 12.1 Å². The zero-order valence-corrected chi connectivity index (χ0v) is 8.51. The van der Waals surface area contributed by atoms with Crippen molar-refractivity contribution in [3.63, 3.8) is 0 Å². The van der Waals surface area contributed by atoms with Gasteiger partial charge in [-0.15, -0.1) is 0 Å². The number of hydrogen-bond acceptors (Lipinski definition) is 1. The first kappa shape index (κ1) is 10.2. The summed E-state index contributed by atoms with van der Waals surface area (Å²) in [7, 11) is 0. The molecule has 70 valence electrons. The number of alkyl halides is 1. The van der Waals surface area contributed by atoms with Gasteiger partial charge >= 0.3 is 5.97 Å². The van der Waals surface area contributed by atoms with Crippen molar-refractivity contribution in [2.24, 2.45) is 0 Å². The summed E-state index contributed by atoms with van der Waals surface area (Å²) in [5, 5.41) is 8.60. The topological polar surface area (TPSA) is 37.3 Å². The molecule has 0 saturated heterocycles. The fourth-order valence-electron chi connectivity index (χ4n) is 0.904. The molecule has 0 bridgehead atoms. The highest BCUT2D eigenvalue weighted by molar-refractivity contribution is 9.10. The lowest BCUT2D eigenvalue weighted by Crippen LogP contribution is -2.26. The minimum atomic E-state index is -2.33. The van der Waals surface area contributed by atoms with Gasteiger partial charge in [0.1, 0.15) is 0 Å². The van der Waals surface area contributed by atoms with E-state index in [0.29, 0.717) is 4.47 Å². The number of rotatable bonds is 2. The van der Waals surface area contributed by atoms with Crippen molar-refractivity contribution in [2.45, 2.75) is 12.6 Å². The Bertz CT molecular complexity index is 336. The largest absolute Gasteiger partial charge is 0.479 e. The van der Waals surface area contributed by atoms with Gasteiger partial charge < -0.3 is 5.11 Å². The highest BCUT2D eigenvalue weighted by atomic mass is 79.9. The number of carbonyl (C=O) groups is 1. The highest BCUT2D eigenvalue weighted by Gasteiger charge is 2.34. The molecule has 1 aromatic rings. The lowest BCUT2D eigenvalue weighted by molar-refractivity contribution is -0.150. The third kappa shape index (κ3) is 2.06. The van der Waals surface area contributed by atoms with E-state index < -0.39 is 11.6 Å². The Morgan fingerprint density at radius 2 is 2.23 bits per heavy atom. The predicted octanol–water partition coefficient (Wildman–Crippen LogP) is 2.72. The quantitative estimate of drug-likeness (QED) is 0.872. The van der Waals surface area contributed by atoms with E-state index in [1.807, 2.05) is 0 Å². The fourth-order valence-corrected chi connectivity index (χ4v) is 1.30. The van der Waals surface area contributed by atoms with Gasteiger partial charge in [0.25, 0.3) is 0 Å². The first-order valence-corrected chi connectivity index (χ1v) is 4.42. The lowest BCUT2D eigenvalue weighted by Gasteiger charge is -2.15. The third-order valence-electron chi connectivity index (χ3n) is 1.77. The molecule has 1 N–H and O–H groups in total. The van der Waals surface area contributed by atoms with E-state index in [-0.39, 0.29) is 5.56 Å². The SMILES string of the molecule is CC(F)(C(=O)O)c1cccc(Br)c1. The van der Waals surface area contributed by atoms with Crippen LogP contribution in [0.3, 0.4) is 0 Å². The zero-order valence-electron chi connectivity index (χ0n) is 6.92. The van der Waals surface area contributed by atoms with E-state index in [9.17, 15) is 9.18 Å². The normalized spacial score (nSPS) is 15.0. The molecule has 0 heterocycles. The lowest BCUT2D eigenvalue weighted by atomic mass is 9.98. The Labute approximate surface area is 83.5 Å². The van der Waals surface area contributed by atoms with Crippen molar-refractivity contribution in [3.05, 3.63) is 34.3 Å². The fraction of sp³-hybridized carbons (Fsp3) is 0.222. The summed E-state index contributed by atoms with van der Waals surface area (Å²) in [6, 6.07) is 6.20. The van der Waals surface area contributed by atoms with Gasteiger partial charge in [-0.05, 0) is 19.1 Å². The summed E-state index contributed by atoms with van der Waals surface area (Å²) in [5.41, 5.74) is -2.20. The number of halogens is 2. The molecular weight excluding hydrogens is 239 g/mol. The molecule has 0 aromatic heterocycles. The van der Waals surface area contributed by atoms with Crippen LogP contribution in [-0.4, -0.2) is 11.1 Å². The summed E-state index contributed by atoms with van der Waals surface area (Å²) >= 11 is 3.14. The summed E-state index contributed by atoms with van der Waals surface area (Å²) in [6.45, 7) is 1.02. The van der Waals surface area contributed by atoms with Crippen LogP contribution in [0.15, 0.2) is 28.7 Å². The minimum Gasteiger partial charge on any atom is -0.479 e. The summed E-state index contributed by atoms with van der Waals surface area (Å²) < 4.78 is 14.2. The minimum absolute atomic E-state index is 0.134. The van der Waals surface area contributed by atoms with E-state index in [0.717, 1.165) is 6.92 Å². The van der Waals surface area contributed by atoms with Crippen LogP contribution in [0.5, 0.6) is 0 Å². The van der Waals surface area contributed by atoms with Crippen LogP contribution in [0.1, 0.15) is 12.5 Å². The van der Waals surface area contributed by atoms with Crippen LogP contribution < -0.4 is 0 Å². The second-order valence-corrected chi connectivity index (χ2v) is 3.73. The van der Waals surface area contributed by atoms with E-state index in [2.05, 4.69) is 15.9 Å². The molecule has 1 unspecified atom stereocenters. The van der Waals surface area contributed by atoms with Crippen molar-refractivity contribution in [2.75, 3.05) is 0 Å². The maximum atomic E-state index is 13.5. The van der Waals surface area contributed by atoms with Crippen molar-refractivity contribution >= 4 is 21.9 Å². The Morgan fingerprint density at radius 1 is 1.62 bits per heavy atom. The van der Waals surface area contributed by atoms with Gasteiger partial charge in [-0.1, -0.05) is 28.1 Å². The van der Waals surface area contributed by atoms with Crippen molar-refractivity contribution < 1.29 is 14.3 Å². The van der Waals surface area contributed by atoms with Gasteiger partial charge in [0.15, 0.2) is 0 Å². The van der Waals surface area contributed by atoms with Gasteiger partial charge in [0.05, 0.1) is 0 Å². The monoisotopic (exact) mass is 246 g/mol. The standard InChI is InChI=1S/C9H8BrFO2/c1-9(11,8(12)13)6-3-2-4-7(10)5-6/h2-5H,1H3,(H,12,13). The van der Waals surface area contributed by atoms with Crippen molar-refractivity contribution in [3.8, 4) is 0 Å². The van der Waals surface area contributed by atoms with Crippen LogP contribution >= 0.6 is 15.9 Å². The van der Waals surface area contributed by atoms with Crippen molar-refractivity contribution in [1.82, 2.24) is 0 Å². The average molecular weight is 247 g/mol. The smallest absolute Gasteiger partial charge is 0.345 e. The van der Waals surface area contributed by atoms with E-state index >= 15 is 0 Å². The molecular formula is C9H8BrFO2. The number of carboxylic acids is 1. The Kier molecular flexibility index (Phi) is 2.71. The van der Waals surface area contributed by atoms with Crippen molar-refractivity contribution in [1.29, 1.82) is 0 Å². The Morgan fingerprint density at radius 3 is 2.69 bits per heavy atom. The first-order chi connectivity index (χ1) is 5.94. The Hall–Kier alpha value is -0.900. The number of aliphatic carboxylic acids is 1. The predicted molar refractivity (Wildman–Crippen MR) is 50.2 cm³/mol. The summed E-state index contributed by atoms with van der Waals surface area (Å²) in [4.78, 5) is 10.5. The molecule has 0 amide bonds. The summed E-state index contributed by atoms with van der Waals surface area (Å²) in [6.07, 6.45) is 0. The Balaban J connectivity index is 3.14. The second-order valence-electron chi connectivity index (χ2n) is 2.82. The van der Waals surface area contributed by atoms with E-state index in [4.69, 9.17) is 5.11 Å². The molecule has 0 saturated carbocycles. The molecule has 0 radical (unpaired) electrons. The van der Waals surface area contributed by atoms with Gasteiger partial charge in [0.2, 0.25) is 5.67 Å². The van der Waals surface area contributed by atoms with E-state index in [1.165, 1.54) is 12.1 Å². The zero-order chi connectivity index (χ0) is 10.1. The molecule has 1 aromatic carbocycles. The molecule has 1 rings (SSSR count). The highest BCUT2D eigenvalue weighted by Crippen LogP contribution is 2.27. The van der Waals surface area contributed by atoms with Gasteiger partial charge in [-0.3, -0.25) is 0 Å². The molecule has 0 spiro atoms.